The molecule has 1 aliphatic rings. The molecule has 1 aromatic heterocycles. The highest BCUT2D eigenvalue weighted by Gasteiger charge is 2.36. The number of urea groups is 1. The van der Waals surface area contributed by atoms with Crippen molar-refractivity contribution in [2.75, 3.05) is 20.3 Å². The number of piperidine rings is 1. The third-order valence-electron chi connectivity index (χ3n) is 9.51. The highest BCUT2D eigenvalue weighted by atomic mass is 16.9. The van der Waals surface area contributed by atoms with Gasteiger partial charge in [0.15, 0.2) is 0 Å². The lowest BCUT2D eigenvalue weighted by atomic mass is 9.87. The summed E-state index contributed by atoms with van der Waals surface area (Å²) in [7, 11) is 1.26. The molecule has 3 N–H and O–H groups in total. The molecule has 4 unspecified atom stereocenters. The van der Waals surface area contributed by atoms with Gasteiger partial charge in [-0.15, -0.1) is 10.1 Å². The number of rotatable bonds is 18. The number of esters is 1. The second kappa shape index (κ2) is 20.5. The monoisotopic (exact) mass is 758 g/mol. The summed E-state index contributed by atoms with van der Waals surface area (Å²) in [5.41, 5.74) is 0.721. The zero-order valence-electron chi connectivity index (χ0n) is 32.7. The molecule has 0 spiro atoms. The molecule has 300 valence electrons. The fourth-order valence-corrected chi connectivity index (χ4v) is 6.78. The van der Waals surface area contributed by atoms with E-state index in [-0.39, 0.29) is 62.4 Å². The van der Waals surface area contributed by atoms with Gasteiger partial charge in [0, 0.05) is 30.1 Å². The lowest BCUT2D eigenvalue weighted by molar-refractivity contribution is -0.757. The fourth-order valence-electron chi connectivity index (χ4n) is 6.78. The first kappa shape index (κ1) is 43.5. The Hall–Kier alpha value is -4.89. The van der Waals surface area contributed by atoms with E-state index in [1.807, 2.05) is 41.5 Å². The molecule has 2 aromatic rings. The zero-order valence-corrected chi connectivity index (χ0v) is 32.7. The van der Waals surface area contributed by atoms with E-state index < -0.39 is 47.1 Å². The summed E-state index contributed by atoms with van der Waals surface area (Å²) >= 11 is 0. The van der Waals surface area contributed by atoms with Crippen LogP contribution in [-0.2, 0) is 35.1 Å². The van der Waals surface area contributed by atoms with Crippen LogP contribution in [0.15, 0.2) is 30.5 Å². The van der Waals surface area contributed by atoms with Gasteiger partial charge < -0.3 is 35.2 Å². The van der Waals surface area contributed by atoms with Crippen LogP contribution >= 0.6 is 0 Å². The van der Waals surface area contributed by atoms with E-state index in [0.29, 0.717) is 29.3 Å². The van der Waals surface area contributed by atoms with Crippen LogP contribution in [-0.4, -0.2) is 95.0 Å². The Morgan fingerprint density at radius 3 is 2.19 bits per heavy atom. The Kier molecular flexibility index (Phi) is 16.5. The number of hydrogen-bond donors (Lipinski definition) is 3. The second-order valence-corrected chi connectivity index (χ2v) is 15.2. The summed E-state index contributed by atoms with van der Waals surface area (Å²) in [5.74, 6) is -1.91. The van der Waals surface area contributed by atoms with Crippen LogP contribution in [0.4, 0.5) is 9.59 Å². The van der Waals surface area contributed by atoms with Crippen LogP contribution in [0.25, 0.3) is 10.9 Å². The predicted octanol–water partition coefficient (Wildman–Crippen LogP) is 5.27. The standard InChI is InChI=1S/C38H58N6O10/c1-8-9-18-29(35(47)53-20-12-13-21-54-44(50)51)39-33(45)30(22-27-24-42(37(49)52-7)32-19-11-10-17-28(27)32)40-34(46)31(23-38(4,5)6)41-36(48)43-25(2)15-14-16-26(43)3/h10-11,17,19,24-26,29-31H,8-9,12-16,18,20-23H2,1-7H3,(H,39,45)(H,40,46)(H,41,48)/t25?,26?,29-,30?,31?/m1/s1. The number of nitrogens with one attached hydrogen (secondary N) is 3. The van der Waals surface area contributed by atoms with Crippen LogP contribution in [0.5, 0.6) is 0 Å². The summed E-state index contributed by atoms with van der Waals surface area (Å²) < 4.78 is 11.7. The number of nitrogens with zero attached hydrogens (tertiary/aromatic N) is 3. The van der Waals surface area contributed by atoms with Crippen molar-refractivity contribution in [1.82, 2.24) is 25.4 Å². The van der Waals surface area contributed by atoms with Crippen molar-refractivity contribution >= 4 is 40.8 Å². The second-order valence-electron chi connectivity index (χ2n) is 15.2. The number of hydrogen-bond acceptors (Lipinski definition) is 10. The molecular weight excluding hydrogens is 700 g/mol. The fraction of sp³-hybridized carbons (Fsp3) is 0.658. The maximum Gasteiger partial charge on any atom is 0.418 e. The number of carbonyl (C=O) groups excluding carboxylic acids is 5. The SMILES string of the molecule is CCCC[C@@H](NC(=O)C(Cc1cn(C(=O)OC)c2ccccc12)NC(=O)C(CC(C)(C)C)NC(=O)N1C(C)CCCC1C)C(=O)OCCCCO[N+](=O)[O-]. The van der Waals surface area contributed by atoms with Crippen LogP contribution in [0.1, 0.15) is 105 Å². The van der Waals surface area contributed by atoms with Crippen molar-refractivity contribution in [1.29, 1.82) is 0 Å². The molecule has 54 heavy (non-hydrogen) atoms. The van der Waals surface area contributed by atoms with Crippen molar-refractivity contribution in [3.8, 4) is 0 Å². The predicted molar refractivity (Wildman–Crippen MR) is 201 cm³/mol. The largest absolute Gasteiger partial charge is 0.464 e. The van der Waals surface area contributed by atoms with E-state index in [1.54, 1.807) is 35.4 Å². The Bertz CT molecular complexity index is 1590. The van der Waals surface area contributed by atoms with Gasteiger partial charge in [0.2, 0.25) is 11.8 Å². The number of carbonyl (C=O) groups is 5. The topological polar surface area (TPSA) is 200 Å². The molecule has 1 saturated heterocycles. The first-order chi connectivity index (χ1) is 25.6. The number of unbranched alkanes of at least 4 members (excludes halogenated alkanes) is 2. The number of para-hydroxylation sites is 1. The van der Waals surface area contributed by atoms with Crippen LogP contribution in [0.2, 0.25) is 0 Å². The Morgan fingerprint density at radius 2 is 1.56 bits per heavy atom. The van der Waals surface area contributed by atoms with E-state index in [2.05, 4.69) is 20.8 Å². The first-order valence-electron chi connectivity index (χ1n) is 18.9. The third kappa shape index (κ3) is 12.9. The molecule has 3 rings (SSSR count). The summed E-state index contributed by atoms with van der Waals surface area (Å²) in [6.07, 6.45) is 6.03. The van der Waals surface area contributed by atoms with Crippen molar-refractivity contribution < 1.29 is 43.4 Å². The van der Waals surface area contributed by atoms with E-state index in [4.69, 9.17) is 9.47 Å². The molecule has 1 aromatic carbocycles. The minimum atomic E-state index is -1.24. The van der Waals surface area contributed by atoms with Crippen molar-refractivity contribution in [2.24, 2.45) is 5.41 Å². The van der Waals surface area contributed by atoms with E-state index in [1.165, 1.54) is 11.7 Å². The molecule has 2 heterocycles. The van der Waals surface area contributed by atoms with Gasteiger partial charge >= 0.3 is 18.1 Å². The number of ether oxygens (including phenoxy) is 2. The number of likely N-dealkylation sites (tertiary alicyclic amines) is 1. The van der Waals surface area contributed by atoms with Crippen molar-refractivity contribution in [3.63, 3.8) is 0 Å². The van der Waals surface area contributed by atoms with E-state index >= 15 is 0 Å². The van der Waals surface area contributed by atoms with Crippen molar-refractivity contribution in [3.05, 3.63) is 46.1 Å². The Balaban J connectivity index is 1.93. The number of amides is 4. The minimum absolute atomic E-state index is 0.00746. The number of fused-ring (bicyclic) bond motifs is 1. The highest BCUT2D eigenvalue weighted by molar-refractivity contribution is 5.95. The van der Waals surface area contributed by atoms with Crippen LogP contribution in [0, 0.1) is 15.5 Å². The van der Waals surface area contributed by atoms with E-state index in [0.717, 1.165) is 25.7 Å². The summed E-state index contributed by atoms with van der Waals surface area (Å²) in [6, 6.07) is 3.44. The molecule has 0 aliphatic carbocycles. The van der Waals surface area contributed by atoms with Crippen molar-refractivity contribution in [2.45, 2.75) is 136 Å². The van der Waals surface area contributed by atoms with Gasteiger partial charge in [-0.05, 0) is 75.8 Å². The summed E-state index contributed by atoms with van der Waals surface area (Å²) in [5, 5.41) is 18.8. The van der Waals surface area contributed by atoms with Gasteiger partial charge in [-0.3, -0.25) is 14.2 Å². The quantitative estimate of drug-likeness (QED) is 0.0779. The summed E-state index contributed by atoms with van der Waals surface area (Å²) in [6.45, 7) is 11.6. The Morgan fingerprint density at radius 1 is 0.926 bits per heavy atom. The van der Waals surface area contributed by atoms with Gasteiger partial charge in [0.25, 0.3) is 5.09 Å². The average molecular weight is 759 g/mol. The molecule has 0 radical (unpaired) electrons. The normalized spacial score (nSPS) is 17.5. The third-order valence-corrected chi connectivity index (χ3v) is 9.51. The minimum Gasteiger partial charge on any atom is -0.464 e. The smallest absolute Gasteiger partial charge is 0.418 e. The Labute approximate surface area is 317 Å². The molecule has 1 aliphatic heterocycles. The molecule has 4 amide bonds. The maximum absolute atomic E-state index is 14.2. The van der Waals surface area contributed by atoms with Gasteiger partial charge in [0.1, 0.15) is 18.1 Å². The van der Waals surface area contributed by atoms with Crippen LogP contribution in [0.3, 0.4) is 0 Å². The molecule has 0 bridgehead atoms. The van der Waals surface area contributed by atoms with Gasteiger partial charge in [-0.2, -0.15) is 0 Å². The number of aromatic nitrogens is 1. The van der Waals surface area contributed by atoms with Gasteiger partial charge in [0.05, 0.1) is 25.8 Å². The molecule has 1 fully saturated rings. The highest BCUT2D eigenvalue weighted by Crippen LogP contribution is 2.26. The first-order valence-corrected chi connectivity index (χ1v) is 18.9. The molecule has 16 heteroatoms. The van der Waals surface area contributed by atoms with Gasteiger partial charge in [-0.1, -0.05) is 58.7 Å². The number of methoxy groups -OCH3 is 1. The van der Waals surface area contributed by atoms with Crippen LogP contribution < -0.4 is 16.0 Å². The van der Waals surface area contributed by atoms with E-state index in [9.17, 15) is 34.1 Å². The molecular formula is C38H58N6O10. The van der Waals surface area contributed by atoms with Gasteiger partial charge in [-0.25, -0.2) is 14.4 Å². The number of benzene rings is 1. The molecule has 5 atom stereocenters. The lowest BCUT2D eigenvalue weighted by Gasteiger charge is -2.40. The summed E-state index contributed by atoms with van der Waals surface area (Å²) in [4.78, 5) is 84.6. The lowest BCUT2D eigenvalue weighted by Crippen LogP contribution is -2.60. The zero-order chi connectivity index (χ0) is 40.0. The molecule has 16 nitrogen and oxygen atoms in total. The molecule has 0 saturated carbocycles. The maximum atomic E-state index is 14.2. The average Bonchev–Trinajstić information content (AvgIpc) is 3.47.